The van der Waals surface area contributed by atoms with Crippen molar-refractivity contribution in [2.75, 3.05) is 5.32 Å². The van der Waals surface area contributed by atoms with Crippen molar-refractivity contribution in [2.24, 2.45) is 0 Å². The summed E-state index contributed by atoms with van der Waals surface area (Å²) in [5, 5.41) is 8.30. The maximum Gasteiger partial charge on any atom is 0.275 e. The van der Waals surface area contributed by atoms with E-state index < -0.39 is 0 Å². The number of nitrogens with zero attached hydrogens (tertiary/aromatic N) is 3. The Morgan fingerprint density at radius 3 is 2.96 bits per heavy atom. The van der Waals surface area contributed by atoms with Crippen LogP contribution in [-0.2, 0) is 13.0 Å². The molecule has 7 heteroatoms. The molecule has 0 unspecified atom stereocenters. The Hall–Kier alpha value is -1.73. The average Bonchev–Trinajstić information content (AvgIpc) is 2.92. The van der Waals surface area contributed by atoms with Crippen LogP contribution in [-0.4, -0.2) is 14.6 Å². The van der Waals surface area contributed by atoms with Crippen LogP contribution < -0.4 is 10.9 Å². The van der Waals surface area contributed by atoms with Crippen molar-refractivity contribution in [3.05, 3.63) is 55.9 Å². The van der Waals surface area contributed by atoms with Crippen LogP contribution in [0.1, 0.15) is 30.2 Å². The first-order chi connectivity index (χ1) is 11.1. The fourth-order valence-electron chi connectivity index (χ4n) is 2.31. The number of halogens is 1. The lowest BCUT2D eigenvalue weighted by Gasteiger charge is -2.06. The summed E-state index contributed by atoms with van der Waals surface area (Å²) < 4.78 is 2.41. The van der Waals surface area contributed by atoms with Gasteiger partial charge in [-0.25, -0.2) is 4.98 Å². The van der Waals surface area contributed by atoms with Gasteiger partial charge in [0, 0.05) is 22.8 Å². The number of hydrogen-bond acceptors (Lipinski definition) is 5. The molecule has 0 saturated carbocycles. The van der Waals surface area contributed by atoms with E-state index in [1.165, 1.54) is 27.0 Å². The molecule has 0 saturated heterocycles. The molecule has 23 heavy (non-hydrogen) atoms. The number of hydrogen-bond donors (Lipinski definition) is 1. The molecule has 2 heterocycles. The van der Waals surface area contributed by atoms with Crippen molar-refractivity contribution in [1.29, 1.82) is 0 Å². The number of benzene rings is 1. The second kappa shape index (κ2) is 6.80. The molecule has 3 aromatic rings. The summed E-state index contributed by atoms with van der Waals surface area (Å²) >= 11 is 4.89. The number of nitrogens with one attached hydrogen (secondary N) is 1. The minimum absolute atomic E-state index is 0.124. The summed E-state index contributed by atoms with van der Waals surface area (Å²) in [6.07, 6.45) is 1.78. The standard InChI is InChI=1S/C16H17BrN4OS/c1-3-4-13-8-14(22)21-16(19-13)23-15(20-21)18-9-11-7-12(17)6-5-10(11)2/h5-8H,3-4,9H2,1-2H3,(H,18,20). The molecule has 1 N–H and O–H groups in total. The highest BCUT2D eigenvalue weighted by Gasteiger charge is 2.09. The topological polar surface area (TPSA) is 59.3 Å². The quantitative estimate of drug-likeness (QED) is 0.717. The second-order valence-electron chi connectivity index (χ2n) is 5.36. The van der Waals surface area contributed by atoms with E-state index in [1.54, 1.807) is 6.07 Å². The Morgan fingerprint density at radius 2 is 2.17 bits per heavy atom. The Balaban J connectivity index is 1.85. The van der Waals surface area contributed by atoms with Gasteiger partial charge >= 0.3 is 0 Å². The predicted octanol–water partition coefficient (Wildman–Crippen LogP) is 3.79. The van der Waals surface area contributed by atoms with Crippen LogP contribution in [0.5, 0.6) is 0 Å². The minimum Gasteiger partial charge on any atom is -0.356 e. The summed E-state index contributed by atoms with van der Waals surface area (Å²) in [6, 6.07) is 7.75. The molecule has 5 nitrogen and oxygen atoms in total. The van der Waals surface area contributed by atoms with Gasteiger partial charge in [-0.15, -0.1) is 5.10 Å². The normalized spacial score (nSPS) is 11.1. The van der Waals surface area contributed by atoms with E-state index in [4.69, 9.17) is 0 Å². The molecule has 1 aromatic carbocycles. The van der Waals surface area contributed by atoms with E-state index in [0.29, 0.717) is 16.6 Å². The van der Waals surface area contributed by atoms with E-state index in [9.17, 15) is 4.79 Å². The van der Waals surface area contributed by atoms with Gasteiger partial charge in [-0.1, -0.05) is 46.7 Å². The van der Waals surface area contributed by atoms with E-state index in [0.717, 1.165) is 23.0 Å². The molecule has 0 fully saturated rings. The van der Waals surface area contributed by atoms with Crippen molar-refractivity contribution < 1.29 is 0 Å². The first-order valence-corrected chi connectivity index (χ1v) is 9.06. The van der Waals surface area contributed by atoms with Crippen LogP contribution in [0, 0.1) is 6.92 Å². The van der Waals surface area contributed by atoms with Gasteiger partial charge in [-0.3, -0.25) is 4.79 Å². The van der Waals surface area contributed by atoms with Crippen molar-refractivity contribution in [3.63, 3.8) is 0 Å². The highest BCUT2D eigenvalue weighted by atomic mass is 79.9. The summed E-state index contributed by atoms with van der Waals surface area (Å²) in [4.78, 5) is 17.2. The van der Waals surface area contributed by atoms with Crippen LogP contribution in [0.15, 0.2) is 33.5 Å². The summed E-state index contributed by atoms with van der Waals surface area (Å²) in [5.74, 6) is 0. The fraction of sp³-hybridized carbons (Fsp3) is 0.312. The summed E-state index contributed by atoms with van der Waals surface area (Å²) in [6.45, 7) is 4.80. The monoisotopic (exact) mass is 392 g/mol. The Bertz CT molecular complexity index is 903. The van der Waals surface area contributed by atoms with Gasteiger partial charge in [-0.2, -0.15) is 4.52 Å². The summed E-state index contributed by atoms with van der Waals surface area (Å²) in [5.41, 5.74) is 3.10. The number of fused-ring (bicyclic) bond motifs is 1. The maximum absolute atomic E-state index is 12.1. The molecule has 0 aliphatic heterocycles. The third-order valence-corrected chi connectivity index (χ3v) is 4.90. The highest BCUT2D eigenvalue weighted by Crippen LogP contribution is 2.20. The third-order valence-electron chi connectivity index (χ3n) is 3.55. The lowest BCUT2D eigenvalue weighted by Crippen LogP contribution is -2.15. The van der Waals surface area contributed by atoms with Gasteiger partial charge < -0.3 is 5.32 Å². The molecule has 120 valence electrons. The zero-order valence-electron chi connectivity index (χ0n) is 13.0. The molecule has 2 aromatic heterocycles. The zero-order valence-corrected chi connectivity index (χ0v) is 15.4. The number of anilines is 1. The zero-order chi connectivity index (χ0) is 16.4. The van der Waals surface area contributed by atoms with Crippen molar-refractivity contribution in [1.82, 2.24) is 14.6 Å². The fourth-order valence-corrected chi connectivity index (χ4v) is 3.54. The average molecular weight is 393 g/mol. The molecule has 0 amide bonds. The van der Waals surface area contributed by atoms with E-state index in [-0.39, 0.29) is 5.56 Å². The van der Waals surface area contributed by atoms with Crippen LogP contribution in [0.4, 0.5) is 5.13 Å². The molecule has 0 radical (unpaired) electrons. The van der Waals surface area contributed by atoms with Crippen molar-refractivity contribution >= 4 is 37.4 Å². The van der Waals surface area contributed by atoms with Gasteiger partial charge in [0.15, 0.2) is 0 Å². The molecule has 0 aliphatic carbocycles. The highest BCUT2D eigenvalue weighted by molar-refractivity contribution is 9.10. The van der Waals surface area contributed by atoms with Gasteiger partial charge in [0.2, 0.25) is 10.1 Å². The lowest BCUT2D eigenvalue weighted by atomic mass is 10.1. The minimum atomic E-state index is -0.124. The molecule has 3 rings (SSSR count). The largest absolute Gasteiger partial charge is 0.356 e. The molecule has 0 aliphatic rings. The SMILES string of the molecule is CCCc1cc(=O)n2nc(NCc3cc(Br)ccc3C)sc2n1. The van der Waals surface area contributed by atoms with Gasteiger partial charge in [0.25, 0.3) is 5.56 Å². The third kappa shape index (κ3) is 3.61. The molecule has 0 atom stereocenters. The number of rotatable bonds is 5. The second-order valence-corrected chi connectivity index (χ2v) is 7.23. The van der Waals surface area contributed by atoms with Crippen LogP contribution >= 0.6 is 27.3 Å². The first-order valence-electron chi connectivity index (χ1n) is 7.45. The predicted molar refractivity (Wildman–Crippen MR) is 97.3 cm³/mol. The van der Waals surface area contributed by atoms with E-state index in [2.05, 4.69) is 57.3 Å². The number of aromatic nitrogens is 3. The van der Waals surface area contributed by atoms with Crippen LogP contribution in [0.3, 0.4) is 0 Å². The van der Waals surface area contributed by atoms with Gasteiger partial charge in [-0.05, 0) is 36.6 Å². The lowest BCUT2D eigenvalue weighted by molar-refractivity contribution is 0.839. The summed E-state index contributed by atoms with van der Waals surface area (Å²) in [7, 11) is 0. The molecule has 0 bridgehead atoms. The molecular formula is C16H17BrN4OS. The molecular weight excluding hydrogens is 376 g/mol. The van der Waals surface area contributed by atoms with Crippen LogP contribution in [0.2, 0.25) is 0 Å². The van der Waals surface area contributed by atoms with Crippen molar-refractivity contribution in [2.45, 2.75) is 33.2 Å². The smallest absolute Gasteiger partial charge is 0.275 e. The van der Waals surface area contributed by atoms with Crippen molar-refractivity contribution in [3.8, 4) is 0 Å². The van der Waals surface area contributed by atoms with Gasteiger partial charge in [0.1, 0.15) is 0 Å². The first kappa shape index (κ1) is 16.1. The molecule has 0 spiro atoms. The number of aryl methyl sites for hydroxylation is 2. The Kier molecular flexibility index (Phi) is 4.77. The van der Waals surface area contributed by atoms with Crippen LogP contribution in [0.25, 0.3) is 4.96 Å². The van der Waals surface area contributed by atoms with E-state index >= 15 is 0 Å². The maximum atomic E-state index is 12.1. The van der Waals surface area contributed by atoms with Gasteiger partial charge in [0.05, 0.1) is 0 Å². The van der Waals surface area contributed by atoms with E-state index in [1.807, 2.05) is 6.07 Å². The Labute approximate surface area is 146 Å². The Morgan fingerprint density at radius 1 is 1.35 bits per heavy atom.